The highest BCUT2D eigenvalue weighted by Gasteiger charge is 2.42. The van der Waals surface area contributed by atoms with Crippen LogP contribution in [-0.2, 0) is 16.1 Å². The molecule has 2 unspecified atom stereocenters. The van der Waals surface area contributed by atoms with Crippen molar-refractivity contribution in [3.8, 4) is 5.75 Å². The number of ether oxygens (including phenoxy) is 1. The predicted octanol–water partition coefficient (Wildman–Crippen LogP) is 5.21. The highest BCUT2D eigenvalue weighted by atomic mass is 32.1. The number of aryl methyl sites for hydroxylation is 1. The van der Waals surface area contributed by atoms with Crippen LogP contribution in [-0.4, -0.2) is 30.9 Å². The van der Waals surface area contributed by atoms with Crippen LogP contribution in [0.3, 0.4) is 0 Å². The number of methoxy groups -OCH3 is 1. The van der Waals surface area contributed by atoms with E-state index in [0.29, 0.717) is 19.4 Å². The summed E-state index contributed by atoms with van der Waals surface area (Å²) in [5.74, 6) is 0.619. The standard InChI is InChI=1S/C26H28N2O3S/c1-18-6-10-20(11-7-18)28-24(29)15-14-22(25(28)23-5-4-16-32-23)26(30)27(2)17-19-8-12-21(31-3)13-9-19/h4-13,16,22,25H,14-15,17H2,1-3H3. The molecule has 0 aliphatic carbocycles. The van der Waals surface area contributed by atoms with Gasteiger partial charge in [0.15, 0.2) is 0 Å². The van der Waals surface area contributed by atoms with Crippen LogP contribution in [0.15, 0.2) is 66.0 Å². The Morgan fingerprint density at radius 3 is 2.47 bits per heavy atom. The molecule has 1 aromatic heterocycles. The fourth-order valence-electron chi connectivity index (χ4n) is 4.31. The summed E-state index contributed by atoms with van der Waals surface area (Å²) < 4.78 is 5.23. The molecule has 1 saturated heterocycles. The lowest BCUT2D eigenvalue weighted by Gasteiger charge is -2.41. The second-order valence-corrected chi connectivity index (χ2v) is 9.23. The minimum atomic E-state index is -0.301. The van der Waals surface area contributed by atoms with Crippen molar-refractivity contribution in [3.05, 3.63) is 82.0 Å². The third-order valence-electron chi connectivity index (χ3n) is 6.02. The van der Waals surface area contributed by atoms with E-state index in [0.717, 1.165) is 27.4 Å². The van der Waals surface area contributed by atoms with E-state index >= 15 is 0 Å². The Balaban J connectivity index is 1.62. The Morgan fingerprint density at radius 2 is 1.84 bits per heavy atom. The smallest absolute Gasteiger partial charge is 0.228 e. The minimum Gasteiger partial charge on any atom is -0.497 e. The number of anilines is 1. The summed E-state index contributed by atoms with van der Waals surface area (Å²) >= 11 is 1.60. The summed E-state index contributed by atoms with van der Waals surface area (Å²) in [4.78, 5) is 31.3. The molecule has 1 aliphatic rings. The van der Waals surface area contributed by atoms with Gasteiger partial charge in [-0.2, -0.15) is 0 Å². The van der Waals surface area contributed by atoms with Crippen molar-refractivity contribution in [2.75, 3.05) is 19.1 Å². The first-order valence-corrected chi connectivity index (χ1v) is 11.7. The number of hydrogen-bond donors (Lipinski definition) is 0. The number of carbonyl (C=O) groups excluding carboxylic acids is 2. The van der Waals surface area contributed by atoms with Crippen molar-refractivity contribution in [2.45, 2.75) is 32.4 Å². The molecule has 0 radical (unpaired) electrons. The van der Waals surface area contributed by atoms with Crippen LogP contribution < -0.4 is 9.64 Å². The third kappa shape index (κ3) is 4.55. The van der Waals surface area contributed by atoms with E-state index in [1.165, 1.54) is 0 Å². The van der Waals surface area contributed by atoms with Crippen molar-refractivity contribution in [1.29, 1.82) is 0 Å². The van der Waals surface area contributed by atoms with Crippen molar-refractivity contribution >= 4 is 28.8 Å². The predicted molar refractivity (Wildman–Crippen MR) is 128 cm³/mol. The number of rotatable bonds is 6. The Morgan fingerprint density at radius 1 is 1.12 bits per heavy atom. The van der Waals surface area contributed by atoms with Gasteiger partial charge in [-0.15, -0.1) is 11.3 Å². The summed E-state index contributed by atoms with van der Waals surface area (Å²) in [5.41, 5.74) is 3.02. The van der Waals surface area contributed by atoms with E-state index in [1.54, 1.807) is 23.3 Å². The van der Waals surface area contributed by atoms with Crippen LogP contribution >= 0.6 is 11.3 Å². The lowest BCUT2D eigenvalue weighted by atomic mass is 9.86. The van der Waals surface area contributed by atoms with E-state index in [9.17, 15) is 9.59 Å². The molecule has 0 bridgehead atoms. The maximum atomic E-state index is 13.6. The second-order valence-electron chi connectivity index (χ2n) is 8.25. The monoisotopic (exact) mass is 448 g/mol. The first-order chi connectivity index (χ1) is 15.5. The number of hydrogen-bond acceptors (Lipinski definition) is 4. The van der Waals surface area contributed by atoms with Gasteiger partial charge in [-0.3, -0.25) is 9.59 Å². The zero-order valence-corrected chi connectivity index (χ0v) is 19.5. The van der Waals surface area contributed by atoms with Crippen LogP contribution in [0.25, 0.3) is 0 Å². The zero-order valence-electron chi connectivity index (χ0n) is 18.7. The molecule has 166 valence electrons. The van der Waals surface area contributed by atoms with Crippen molar-refractivity contribution in [1.82, 2.24) is 4.90 Å². The van der Waals surface area contributed by atoms with Gasteiger partial charge in [0.05, 0.1) is 19.1 Å². The molecule has 5 nitrogen and oxygen atoms in total. The highest BCUT2D eigenvalue weighted by Crippen LogP contribution is 2.42. The Labute approximate surface area is 193 Å². The number of piperidine rings is 1. The molecule has 3 aromatic rings. The van der Waals surface area contributed by atoms with Gasteiger partial charge in [0, 0.05) is 30.6 Å². The molecule has 0 saturated carbocycles. The normalized spacial score (nSPS) is 18.5. The number of carbonyl (C=O) groups is 2. The second kappa shape index (κ2) is 9.57. The summed E-state index contributed by atoms with van der Waals surface area (Å²) in [7, 11) is 3.48. The molecule has 0 N–H and O–H groups in total. The molecular weight excluding hydrogens is 420 g/mol. The van der Waals surface area contributed by atoms with Crippen LogP contribution in [0.4, 0.5) is 5.69 Å². The molecule has 1 fully saturated rings. The van der Waals surface area contributed by atoms with Crippen molar-refractivity contribution < 1.29 is 14.3 Å². The molecule has 2 amide bonds. The van der Waals surface area contributed by atoms with Gasteiger partial charge in [-0.25, -0.2) is 0 Å². The largest absolute Gasteiger partial charge is 0.497 e. The van der Waals surface area contributed by atoms with Crippen molar-refractivity contribution in [2.24, 2.45) is 5.92 Å². The molecule has 2 heterocycles. The first kappa shape index (κ1) is 22.1. The van der Waals surface area contributed by atoms with E-state index < -0.39 is 0 Å². The SMILES string of the molecule is COc1ccc(CN(C)C(=O)C2CCC(=O)N(c3ccc(C)cc3)C2c2cccs2)cc1. The molecule has 6 heteroatoms. The van der Waals surface area contributed by atoms with Crippen LogP contribution in [0, 0.1) is 12.8 Å². The number of thiophene rings is 1. The number of benzene rings is 2. The lowest BCUT2D eigenvalue weighted by Crippen LogP contribution is -2.48. The summed E-state index contributed by atoms with van der Waals surface area (Å²) in [6.45, 7) is 2.54. The quantitative estimate of drug-likeness (QED) is 0.520. The van der Waals surface area contributed by atoms with Crippen LogP contribution in [0.1, 0.15) is 34.9 Å². The molecule has 0 spiro atoms. The topological polar surface area (TPSA) is 49.9 Å². The Hall–Kier alpha value is -3.12. The molecule has 2 atom stereocenters. The minimum absolute atomic E-state index is 0.0591. The highest BCUT2D eigenvalue weighted by molar-refractivity contribution is 7.10. The third-order valence-corrected chi connectivity index (χ3v) is 6.96. The van der Waals surface area contributed by atoms with E-state index in [1.807, 2.05) is 84.9 Å². The fraction of sp³-hybridized carbons (Fsp3) is 0.308. The van der Waals surface area contributed by atoms with Crippen LogP contribution in [0.5, 0.6) is 5.75 Å². The maximum absolute atomic E-state index is 13.6. The van der Waals surface area contributed by atoms with Gasteiger partial charge in [0.1, 0.15) is 5.75 Å². The lowest BCUT2D eigenvalue weighted by molar-refractivity contribution is -0.137. The summed E-state index contributed by atoms with van der Waals surface area (Å²) in [5, 5.41) is 2.00. The van der Waals surface area contributed by atoms with Gasteiger partial charge >= 0.3 is 0 Å². The van der Waals surface area contributed by atoms with Crippen LogP contribution in [0.2, 0.25) is 0 Å². The van der Waals surface area contributed by atoms with Gasteiger partial charge in [-0.05, 0) is 54.6 Å². The maximum Gasteiger partial charge on any atom is 0.228 e. The fourth-order valence-corrected chi connectivity index (χ4v) is 5.19. The summed E-state index contributed by atoms with van der Waals surface area (Å²) in [6.07, 6.45) is 0.915. The van der Waals surface area contributed by atoms with E-state index in [-0.39, 0.29) is 23.8 Å². The molecule has 4 rings (SSSR count). The average Bonchev–Trinajstić information content (AvgIpc) is 3.34. The Bertz CT molecular complexity index is 1060. The van der Waals surface area contributed by atoms with E-state index in [4.69, 9.17) is 4.74 Å². The molecular formula is C26H28N2O3S. The van der Waals surface area contributed by atoms with E-state index in [2.05, 4.69) is 0 Å². The van der Waals surface area contributed by atoms with Crippen molar-refractivity contribution in [3.63, 3.8) is 0 Å². The van der Waals surface area contributed by atoms with Gasteiger partial charge in [-0.1, -0.05) is 35.9 Å². The molecule has 32 heavy (non-hydrogen) atoms. The van der Waals surface area contributed by atoms with Gasteiger partial charge in [0.25, 0.3) is 0 Å². The molecule has 2 aromatic carbocycles. The Kier molecular flexibility index (Phi) is 6.61. The average molecular weight is 449 g/mol. The zero-order chi connectivity index (χ0) is 22.7. The number of amides is 2. The van der Waals surface area contributed by atoms with Gasteiger partial charge in [0.2, 0.25) is 11.8 Å². The summed E-state index contributed by atoms with van der Waals surface area (Å²) in [6, 6.07) is 19.4. The number of nitrogens with zero attached hydrogens (tertiary/aromatic N) is 2. The first-order valence-electron chi connectivity index (χ1n) is 10.8. The van der Waals surface area contributed by atoms with Gasteiger partial charge < -0.3 is 14.5 Å². The molecule has 1 aliphatic heterocycles.